The Labute approximate surface area is 109 Å². The molecule has 0 aliphatic heterocycles. The lowest BCUT2D eigenvalue weighted by molar-refractivity contribution is 0.102. The van der Waals surface area contributed by atoms with Crippen LogP contribution in [0.3, 0.4) is 0 Å². The minimum absolute atomic E-state index is 0.0795. The molecule has 0 aliphatic rings. The number of carbonyl (C=O) groups excluding carboxylic acids is 1. The van der Waals surface area contributed by atoms with E-state index in [-0.39, 0.29) is 11.3 Å². The molecule has 0 radical (unpaired) electrons. The van der Waals surface area contributed by atoms with Crippen LogP contribution in [0.25, 0.3) is 0 Å². The molecule has 1 amide bonds. The minimum atomic E-state index is -0.625. The molecule has 1 aromatic carbocycles. The number of ether oxygens (including phenoxy) is 1. The van der Waals surface area contributed by atoms with Gasteiger partial charge in [-0.05, 0) is 18.2 Å². The Morgan fingerprint density at radius 1 is 1.37 bits per heavy atom. The number of anilines is 2. The molecule has 1 aromatic heterocycles. The highest BCUT2D eigenvalue weighted by molar-refractivity contribution is 6.07. The summed E-state index contributed by atoms with van der Waals surface area (Å²) in [7, 11) is 1.49. The van der Waals surface area contributed by atoms with Crippen molar-refractivity contribution in [3.05, 3.63) is 47.9 Å². The quantitative estimate of drug-likeness (QED) is 0.829. The van der Waals surface area contributed by atoms with E-state index < -0.39 is 11.7 Å². The maximum Gasteiger partial charge on any atom is 0.257 e. The molecule has 0 spiro atoms. The van der Waals surface area contributed by atoms with Gasteiger partial charge < -0.3 is 15.8 Å². The molecule has 0 fully saturated rings. The number of nitrogens with two attached hydrogens (primary N) is 1. The molecule has 2 rings (SSSR count). The fourth-order valence-corrected chi connectivity index (χ4v) is 1.51. The molecule has 98 valence electrons. The van der Waals surface area contributed by atoms with Gasteiger partial charge in [0, 0.05) is 6.07 Å². The standard InChI is InChI=1S/C13H12FN3O2/c1-19-11-6-5-8(7-16-11)17-13(18)9-3-2-4-10(14)12(9)15/h2-7H,15H2,1H3,(H,17,18). The fraction of sp³-hybridized carbons (Fsp3) is 0.0769. The third-order valence-corrected chi connectivity index (χ3v) is 2.50. The monoisotopic (exact) mass is 261 g/mol. The fourth-order valence-electron chi connectivity index (χ4n) is 1.51. The summed E-state index contributed by atoms with van der Waals surface area (Å²) >= 11 is 0. The first-order valence-corrected chi connectivity index (χ1v) is 5.47. The summed E-state index contributed by atoms with van der Waals surface area (Å²) in [5.41, 5.74) is 5.88. The normalized spacial score (nSPS) is 10.0. The van der Waals surface area contributed by atoms with Gasteiger partial charge in [-0.2, -0.15) is 0 Å². The summed E-state index contributed by atoms with van der Waals surface area (Å²) in [5, 5.41) is 2.57. The topological polar surface area (TPSA) is 77.2 Å². The van der Waals surface area contributed by atoms with E-state index in [0.717, 1.165) is 0 Å². The number of pyridine rings is 1. The Hall–Kier alpha value is -2.63. The van der Waals surface area contributed by atoms with Crippen molar-refractivity contribution >= 4 is 17.3 Å². The molecule has 0 unspecified atom stereocenters. The Morgan fingerprint density at radius 3 is 2.79 bits per heavy atom. The smallest absolute Gasteiger partial charge is 0.257 e. The Morgan fingerprint density at radius 2 is 2.16 bits per heavy atom. The van der Waals surface area contributed by atoms with Gasteiger partial charge in [0.15, 0.2) is 0 Å². The van der Waals surface area contributed by atoms with Crippen LogP contribution in [0.1, 0.15) is 10.4 Å². The zero-order chi connectivity index (χ0) is 13.8. The second-order valence-corrected chi connectivity index (χ2v) is 3.74. The number of nitrogens with one attached hydrogen (secondary N) is 1. The second kappa shape index (κ2) is 5.34. The Bertz CT molecular complexity index is 599. The zero-order valence-electron chi connectivity index (χ0n) is 10.2. The molecule has 0 saturated carbocycles. The van der Waals surface area contributed by atoms with Crippen molar-refractivity contribution < 1.29 is 13.9 Å². The number of hydrogen-bond acceptors (Lipinski definition) is 4. The van der Waals surface area contributed by atoms with Gasteiger partial charge >= 0.3 is 0 Å². The molecule has 0 bridgehead atoms. The van der Waals surface area contributed by atoms with Gasteiger partial charge in [-0.1, -0.05) is 6.07 Å². The van der Waals surface area contributed by atoms with Crippen LogP contribution < -0.4 is 15.8 Å². The van der Waals surface area contributed by atoms with Gasteiger partial charge in [-0.3, -0.25) is 4.79 Å². The molecule has 3 N–H and O–H groups in total. The maximum atomic E-state index is 13.2. The summed E-state index contributed by atoms with van der Waals surface area (Å²) in [5.74, 6) is -0.687. The average molecular weight is 261 g/mol. The number of nitrogen functional groups attached to an aromatic ring is 1. The number of aromatic nitrogens is 1. The number of amides is 1. The van der Waals surface area contributed by atoms with Crippen LogP contribution in [-0.4, -0.2) is 18.0 Å². The summed E-state index contributed by atoms with van der Waals surface area (Å²) < 4.78 is 18.1. The van der Waals surface area contributed by atoms with E-state index >= 15 is 0 Å². The van der Waals surface area contributed by atoms with Crippen LogP contribution in [0.2, 0.25) is 0 Å². The lowest BCUT2D eigenvalue weighted by Gasteiger charge is -2.08. The first-order valence-electron chi connectivity index (χ1n) is 5.47. The second-order valence-electron chi connectivity index (χ2n) is 3.74. The van der Waals surface area contributed by atoms with Crippen molar-refractivity contribution in [3.63, 3.8) is 0 Å². The van der Waals surface area contributed by atoms with E-state index in [4.69, 9.17) is 10.5 Å². The number of methoxy groups -OCH3 is 1. The van der Waals surface area contributed by atoms with E-state index in [1.807, 2.05) is 0 Å². The van der Waals surface area contributed by atoms with E-state index in [9.17, 15) is 9.18 Å². The number of carbonyl (C=O) groups is 1. The molecule has 0 saturated heterocycles. The van der Waals surface area contributed by atoms with Crippen molar-refractivity contribution in [2.45, 2.75) is 0 Å². The van der Waals surface area contributed by atoms with Crippen molar-refractivity contribution in [1.82, 2.24) is 4.98 Å². The predicted octanol–water partition coefficient (Wildman–Crippen LogP) is 2.06. The first-order chi connectivity index (χ1) is 9.11. The molecule has 19 heavy (non-hydrogen) atoms. The number of hydrogen-bond donors (Lipinski definition) is 2. The number of nitrogens with zero attached hydrogens (tertiary/aromatic N) is 1. The SMILES string of the molecule is COc1ccc(NC(=O)c2cccc(F)c2N)cn1. The third-order valence-electron chi connectivity index (χ3n) is 2.50. The molecule has 0 atom stereocenters. The average Bonchev–Trinajstić information content (AvgIpc) is 2.42. The zero-order valence-corrected chi connectivity index (χ0v) is 10.2. The van der Waals surface area contributed by atoms with Gasteiger partial charge in [-0.15, -0.1) is 0 Å². The molecule has 2 aromatic rings. The van der Waals surface area contributed by atoms with Crippen molar-refractivity contribution in [2.75, 3.05) is 18.2 Å². The number of rotatable bonds is 3. The molecular formula is C13H12FN3O2. The van der Waals surface area contributed by atoms with Crippen molar-refractivity contribution in [1.29, 1.82) is 0 Å². The minimum Gasteiger partial charge on any atom is -0.481 e. The number of benzene rings is 1. The van der Waals surface area contributed by atoms with Crippen LogP contribution in [0.5, 0.6) is 5.88 Å². The van der Waals surface area contributed by atoms with Gasteiger partial charge in [0.2, 0.25) is 5.88 Å². The van der Waals surface area contributed by atoms with Crippen molar-refractivity contribution in [2.24, 2.45) is 0 Å². The van der Waals surface area contributed by atoms with Crippen LogP contribution in [0.15, 0.2) is 36.5 Å². The highest BCUT2D eigenvalue weighted by atomic mass is 19.1. The molecule has 6 heteroatoms. The third kappa shape index (κ3) is 2.79. The number of para-hydroxylation sites is 1. The Kier molecular flexibility index (Phi) is 3.61. The molecule has 0 aliphatic carbocycles. The largest absolute Gasteiger partial charge is 0.481 e. The maximum absolute atomic E-state index is 13.2. The van der Waals surface area contributed by atoms with Gasteiger partial charge in [0.1, 0.15) is 5.82 Å². The van der Waals surface area contributed by atoms with Crippen LogP contribution >= 0.6 is 0 Å². The van der Waals surface area contributed by atoms with Gasteiger partial charge in [-0.25, -0.2) is 9.37 Å². The highest BCUT2D eigenvalue weighted by Crippen LogP contribution is 2.18. The first kappa shape index (κ1) is 12.8. The summed E-state index contributed by atoms with van der Waals surface area (Å²) in [4.78, 5) is 15.9. The van der Waals surface area contributed by atoms with E-state index in [2.05, 4.69) is 10.3 Å². The van der Waals surface area contributed by atoms with Crippen LogP contribution in [0, 0.1) is 5.82 Å². The summed E-state index contributed by atoms with van der Waals surface area (Å²) in [6, 6.07) is 7.29. The van der Waals surface area contributed by atoms with Gasteiger partial charge in [0.25, 0.3) is 5.91 Å². The van der Waals surface area contributed by atoms with E-state index in [1.54, 1.807) is 12.1 Å². The lowest BCUT2D eigenvalue weighted by atomic mass is 10.1. The molecule has 5 nitrogen and oxygen atoms in total. The van der Waals surface area contributed by atoms with Crippen LogP contribution in [-0.2, 0) is 0 Å². The summed E-state index contributed by atoms with van der Waals surface area (Å²) in [6.45, 7) is 0. The Balaban J connectivity index is 2.18. The van der Waals surface area contributed by atoms with E-state index in [1.165, 1.54) is 31.5 Å². The predicted molar refractivity (Wildman–Crippen MR) is 69.6 cm³/mol. The molecular weight excluding hydrogens is 249 g/mol. The highest BCUT2D eigenvalue weighted by Gasteiger charge is 2.12. The molecule has 1 heterocycles. The van der Waals surface area contributed by atoms with Crippen LogP contribution in [0.4, 0.5) is 15.8 Å². The van der Waals surface area contributed by atoms with Gasteiger partial charge in [0.05, 0.1) is 30.2 Å². The number of halogens is 1. The lowest BCUT2D eigenvalue weighted by Crippen LogP contribution is -2.14. The summed E-state index contributed by atoms with van der Waals surface area (Å²) in [6.07, 6.45) is 1.44. The van der Waals surface area contributed by atoms with Crippen molar-refractivity contribution in [3.8, 4) is 5.88 Å². The van der Waals surface area contributed by atoms with E-state index in [0.29, 0.717) is 11.6 Å².